The maximum Gasteiger partial charge on any atom is 0.0739 e. The highest BCUT2D eigenvalue weighted by atomic mass is 35.5. The number of thioether (sulfide) groups is 1. The van der Waals surface area contributed by atoms with Gasteiger partial charge in [0.1, 0.15) is 0 Å². The van der Waals surface area contributed by atoms with Crippen molar-refractivity contribution in [3.05, 3.63) is 23.2 Å². The highest BCUT2D eigenvalue weighted by molar-refractivity contribution is 8.00. The predicted octanol–water partition coefficient (Wildman–Crippen LogP) is 4.01. The number of rotatable bonds is 4. The van der Waals surface area contributed by atoms with Crippen LogP contribution in [0.15, 0.2) is 18.2 Å². The van der Waals surface area contributed by atoms with E-state index in [4.69, 9.17) is 17.3 Å². The van der Waals surface area contributed by atoms with Crippen LogP contribution in [0, 0.1) is 0 Å². The van der Waals surface area contributed by atoms with Crippen molar-refractivity contribution in [3.8, 4) is 0 Å². The van der Waals surface area contributed by atoms with Crippen LogP contribution in [0.4, 0.5) is 11.4 Å². The van der Waals surface area contributed by atoms with Gasteiger partial charge in [-0.25, -0.2) is 0 Å². The molecule has 1 aromatic carbocycles. The first-order valence-corrected chi connectivity index (χ1v) is 7.60. The molecule has 0 spiro atoms. The lowest BCUT2D eigenvalue weighted by molar-refractivity contribution is 0.640. The van der Waals surface area contributed by atoms with Gasteiger partial charge in [-0.15, -0.1) is 0 Å². The van der Waals surface area contributed by atoms with E-state index in [1.54, 1.807) is 0 Å². The smallest absolute Gasteiger partial charge is 0.0739 e. The molecule has 17 heavy (non-hydrogen) atoms. The summed E-state index contributed by atoms with van der Waals surface area (Å²) in [6, 6.07) is 5.74. The minimum atomic E-state index is 0.384. The third-order valence-corrected chi connectivity index (χ3v) is 5.35. The molecule has 0 saturated heterocycles. The molecule has 0 aromatic heterocycles. The summed E-state index contributed by atoms with van der Waals surface area (Å²) in [5.41, 5.74) is 7.56. The molecule has 0 atom stereocenters. The third-order valence-electron chi connectivity index (χ3n) is 3.60. The van der Waals surface area contributed by atoms with E-state index in [9.17, 15) is 0 Å². The minimum Gasteiger partial charge on any atom is -0.396 e. The van der Waals surface area contributed by atoms with Crippen LogP contribution in [0.25, 0.3) is 0 Å². The Hall–Kier alpha value is -0.540. The second kappa shape index (κ2) is 5.40. The van der Waals surface area contributed by atoms with E-state index in [-0.39, 0.29) is 0 Å². The normalized spacial score (nSPS) is 18.2. The van der Waals surface area contributed by atoms with Gasteiger partial charge in [-0.1, -0.05) is 30.5 Å². The van der Waals surface area contributed by atoms with E-state index in [1.807, 2.05) is 30.0 Å². The Balaban J connectivity index is 2.04. The number of benzene rings is 1. The molecule has 1 aromatic rings. The van der Waals surface area contributed by atoms with Crippen LogP contribution < -0.4 is 11.1 Å². The van der Waals surface area contributed by atoms with E-state index in [2.05, 4.69) is 11.6 Å². The highest BCUT2D eigenvalue weighted by Crippen LogP contribution is 2.40. The number of nitrogen functional groups attached to an aromatic ring is 1. The maximum atomic E-state index is 6.01. The lowest BCUT2D eigenvalue weighted by Gasteiger charge is -2.27. The van der Waals surface area contributed by atoms with Gasteiger partial charge in [0.2, 0.25) is 0 Å². The van der Waals surface area contributed by atoms with Gasteiger partial charge in [0.05, 0.1) is 16.4 Å². The summed E-state index contributed by atoms with van der Waals surface area (Å²) in [5.74, 6) is 0. The Morgan fingerprint density at radius 3 is 2.76 bits per heavy atom. The summed E-state index contributed by atoms with van der Waals surface area (Å²) >= 11 is 7.98. The first-order chi connectivity index (χ1) is 8.17. The van der Waals surface area contributed by atoms with E-state index in [1.165, 1.54) is 25.7 Å². The lowest BCUT2D eigenvalue weighted by Crippen LogP contribution is -2.30. The average molecular weight is 271 g/mol. The molecule has 0 radical (unpaired) electrons. The Bertz CT molecular complexity index is 389. The number of anilines is 2. The van der Waals surface area contributed by atoms with Gasteiger partial charge < -0.3 is 11.1 Å². The predicted molar refractivity (Wildman–Crippen MR) is 79.1 cm³/mol. The number of hydrogen-bond donors (Lipinski definition) is 2. The standard InChI is InChI=1S/C13H19ClN2S/c1-17-13(7-2-3-8-13)9-16-11-6-4-5-10(14)12(11)15/h4-6,16H,2-3,7-9,15H2,1H3. The molecule has 0 unspecified atom stereocenters. The minimum absolute atomic E-state index is 0.384. The third kappa shape index (κ3) is 2.83. The number of hydrogen-bond acceptors (Lipinski definition) is 3. The molecule has 0 amide bonds. The molecule has 1 aliphatic rings. The molecule has 1 saturated carbocycles. The second-order valence-electron chi connectivity index (χ2n) is 4.65. The highest BCUT2D eigenvalue weighted by Gasteiger charge is 2.32. The largest absolute Gasteiger partial charge is 0.396 e. The summed E-state index contributed by atoms with van der Waals surface area (Å²) in [5, 5.41) is 4.08. The van der Waals surface area contributed by atoms with Gasteiger partial charge in [0.25, 0.3) is 0 Å². The Labute approximate surface area is 112 Å². The summed E-state index contributed by atoms with van der Waals surface area (Å²) in [7, 11) is 0. The fraction of sp³-hybridized carbons (Fsp3) is 0.538. The first kappa shape index (κ1) is 12.9. The summed E-state index contributed by atoms with van der Waals surface area (Å²) < 4.78 is 0.384. The van der Waals surface area contributed by atoms with Crippen molar-refractivity contribution in [2.45, 2.75) is 30.4 Å². The van der Waals surface area contributed by atoms with Crippen LogP contribution in [0.2, 0.25) is 5.02 Å². The Morgan fingerprint density at radius 2 is 2.12 bits per heavy atom. The molecule has 2 nitrogen and oxygen atoms in total. The molecule has 3 N–H and O–H groups in total. The van der Waals surface area contributed by atoms with E-state index >= 15 is 0 Å². The van der Waals surface area contributed by atoms with Gasteiger partial charge >= 0.3 is 0 Å². The van der Waals surface area contributed by atoms with Crippen molar-refractivity contribution in [2.24, 2.45) is 0 Å². The number of halogens is 1. The lowest BCUT2D eigenvalue weighted by atomic mass is 10.1. The first-order valence-electron chi connectivity index (χ1n) is 6.00. The summed E-state index contributed by atoms with van der Waals surface area (Å²) in [4.78, 5) is 0. The molecule has 94 valence electrons. The molecule has 1 fully saturated rings. The number of nitrogens with two attached hydrogens (primary N) is 1. The van der Waals surface area contributed by atoms with Crippen molar-refractivity contribution < 1.29 is 0 Å². The van der Waals surface area contributed by atoms with Gasteiger partial charge in [-0.2, -0.15) is 11.8 Å². The molecule has 2 rings (SSSR count). The molecular weight excluding hydrogens is 252 g/mol. The van der Waals surface area contributed by atoms with Crippen LogP contribution in [-0.4, -0.2) is 17.5 Å². The van der Waals surface area contributed by atoms with Crippen LogP contribution >= 0.6 is 23.4 Å². The van der Waals surface area contributed by atoms with E-state index in [0.717, 1.165) is 12.2 Å². The molecule has 4 heteroatoms. The molecule has 0 aliphatic heterocycles. The SMILES string of the molecule is CSC1(CNc2cccc(Cl)c2N)CCCC1. The quantitative estimate of drug-likeness (QED) is 0.812. The zero-order valence-corrected chi connectivity index (χ0v) is 11.7. The van der Waals surface area contributed by atoms with Crippen molar-refractivity contribution in [1.82, 2.24) is 0 Å². The molecule has 0 heterocycles. The van der Waals surface area contributed by atoms with Crippen LogP contribution in [0.3, 0.4) is 0 Å². The van der Waals surface area contributed by atoms with Crippen molar-refractivity contribution in [1.29, 1.82) is 0 Å². The fourth-order valence-corrected chi connectivity index (χ4v) is 3.51. The van der Waals surface area contributed by atoms with Crippen LogP contribution in [0.1, 0.15) is 25.7 Å². The number of nitrogens with one attached hydrogen (secondary N) is 1. The van der Waals surface area contributed by atoms with Gasteiger partial charge in [0, 0.05) is 11.3 Å². The zero-order chi connectivity index (χ0) is 12.3. The molecule has 1 aliphatic carbocycles. The average Bonchev–Trinajstić information content (AvgIpc) is 2.81. The van der Waals surface area contributed by atoms with Gasteiger partial charge in [0.15, 0.2) is 0 Å². The Morgan fingerprint density at radius 1 is 1.41 bits per heavy atom. The van der Waals surface area contributed by atoms with Gasteiger partial charge in [-0.05, 0) is 31.2 Å². The van der Waals surface area contributed by atoms with E-state index in [0.29, 0.717) is 15.5 Å². The molecule has 0 bridgehead atoms. The summed E-state index contributed by atoms with van der Waals surface area (Å²) in [6.45, 7) is 0.971. The topological polar surface area (TPSA) is 38.0 Å². The fourth-order valence-electron chi connectivity index (χ4n) is 2.42. The van der Waals surface area contributed by atoms with Crippen molar-refractivity contribution in [3.63, 3.8) is 0 Å². The van der Waals surface area contributed by atoms with Crippen LogP contribution in [-0.2, 0) is 0 Å². The van der Waals surface area contributed by atoms with Gasteiger partial charge in [-0.3, -0.25) is 0 Å². The maximum absolute atomic E-state index is 6.01. The Kier molecular flexibility index (Phi) is 4.10. The monoisotopic (exact) mass is 270 g/mol. The zero-order valence-electron chi connectivity index (χ0n) is 10.1. The summed E-state index contributed by atoms with van der Waals surface area (Å²) in [6.07, 6.45) is 7.47. The van der Waals surface area contributed by atoms with Crippen molar-refractivity contribution >= 4 is 34.7 Å². The van der Waals surface area contributed by atoms with E-state index < -0.39 is 0 Å². The van der Waals surface area contributed by atoms with Crippen molar-refractivity contribution in [2.75, 3.05) is 23.9 Å². The second-order valence-corrected chi connectivity index (χ2v) is 6.33. The number of para-hydroxylation sites is 1. The molecular formula is C13H19ClN2S. The van der Waals surface area contributed by atoms with Crippen LogP contribution in [0.5, 0.6) is 0 Å².